The number of rotatable bonds is 3. The molecule has 0 aliphatic heterocycles. The first-order valence-electron chi connectivity index (χ1n) is 4.06. The lowest BCUT2D eigenvalue weighted by Gasteiger charge is -2.07. The summed E-state index contributed by atoms with van der Waals surface area (Å²) in [7, 11) is 0. The minimum absolute atomic E-state index is 0.474. The molecule has 0 aromatic carbocycles. The zero-order valence-corrected chi connectivity index (χ0v) is 6.47. The van der Waals surface area contributed by atoms with E-state index in [-0.39, 0.29) is 0 Å². The summed E-state index contributed by atoms with van der Waals surface area (Å²) in [4.78, 5) is 10.0. The molecule has 0 radical (unpaired) electrons. The molecule has 10 heavy (non-hydrogen) atoms. The summed E-state index contributed by atoms with van der Waals surface area (Å²) >= 11 is 0. The molecule has 2 heteroatoms. The van der Waals surface area contributed by atoms with E-state index in [0.717, 1.165) is 12.3 Å². The van der Waals surface area contributed by atoms with Gasteiger partial charge < -0.3 is 5.32 Å². The van der Waals surface area contributed by atoms with E-state index in [9.17, 15) is 4.79 Å². The van der Waals surface area contributed by atoms with Gasteiger partial charge in [0, 0.05) is 6.04 Å². The first kappa shape index (κ1) is 7.58. The molecule has 0 heterocycles. The highest BCUT2D eigenvalue weighted by Gasteiger charge is 2.21. The standard InChI is InChI=1S/C8H15NO/c1-2-7-3-4-8(5-7)9-6-10/h6-8H,2-5H2,1H3,(H,9,10). The monoisotopic (exact) mass is 141 g/mol. The minimum atomic E-state index is 0.474. The van der Waals surface area contributed by atoms with E-state index in [1.165, 1.54) is 25.7 Å². The lowest BCUT2D eigenvalue weighted by molar-refractivity contribution is -0.110. The second-order valence-corrected chi connectivity index (χ2v) is 3.07. The van der Waals surface area contributed by atoms with Crippen LogP contribution in [-0.2, 0) is 4.79 Å². The fourth-order valence-corrected chi connectivity index (χ4v) is 1.69. The Kier molecular flexibility index (Phi) is 2.72. The van der Waals surface area contributed by atoms with Crippen LogP contribution in [0.25, 0.3) is 0 Å². The molecule has 58 valence electrons. The van der Waals surface area contributed by atoms with Crippen molar-refractivity contribution >= 4 is 6.41 Å². The zero-order chi connectivity index (χ0) is 7.40. The molecule has 0 aromatic rings. The predicted octanol–water partition coefficient (Wildman–Crippen LogP) is 1.31. The summed E-state index contributed by atoms with van der Waals surface area (Å²) in [6.45, 7) is 2.22. The van der Waals surface area contributed by atoms with Crippen molar-refractivity contribution in [1.82, 2.24) is 5.32 Å². The van der Waals surface area contributed by atoms with Gasteiger partial charge in [-0.15, -0.1) is 0 Å². The van der Waals surface area contributed by atoms with Gasteiger partial charge in [-0.05, 0) is 25.2 Å². The summed E-state index contributed by atoms with van der Waals surface area (Å²) in [6, 6.07) is 0.474. The maximum absolute atomic E-state index is 10.0. The largest absolute Gasteiger partial charge is 0.356 e. The minimum Gasteiger partial charge on any atom is -0.356 e. The second-order valence-electron chi connectivity index (χ2n) is 3.07. The molecule has 0 aromatic heterocycles. The van der Waals surface area contributed by atoms with Crippen LogP contribution in [0.1, 0.15) is 32.6 Å². The molecule has 2 unspecified atom stereocenters. The predicted molar refractivity (Wildman–Crippen MR) is 40.6 cm³/mol. The van der Waals surface area contributed by atoms with E-state index < -0.39 is 0 Å². The van der Waals surface area contributed by atoms with Gasteiger partial charge in [-0.3, -0.25) is 4.79 Å². The van der Waals surface area contributed by atoms with Gasteiger partial charge in [0.2, 0.25) is 6.41 Å². The zero-order valence-electron chi connectivity index (χ0n) is 6.47. The van der Waals surface area contributed by atoms with E-state index in [1.807, 2.05) is 0 Å². The van der Waals surface area contributed by atoms with Crippen molar-refractivity contribution in [1.29, 1.82) is 0 Å². The van der Waals surface area contributed by atoms with Gasteiger partial charge in [0.05, 0.1) is 0 Å². The first-order chi connectivity index (χ1) is 4.86. The molecule has 1 rings (SSSR count). The third-order valence-electron chi connectivity index (χ3n) is 2.42. The van der Waals surface area contributed by atoms with Crippen molar-refractivity contribution in [3.8, 4) is 0 Å². The molecule has 1 aliphatic carbocycles. The Balaban J connectivity index is 2.21. The summed E-state index contributed by atoms with van der Waals surface area (Å²) < 4.78 is 0. The van der Waals surface area contributed by atoms with Crippen LogP contribution in [0.5, 0.6) is 0 Å². The number of hydrogen-bond acceptors (Lipinski definition) is 1. The number of hydrogen-bond donors (Lipinski definition) is 1. The maximum Gasteiger partial charge on any atom is 0.207 e. The average molecular weight is 141 g/mol. The van der Waals surface area contributed by atoms with Crippen LogP contribution in [0.15, 0.2) is 0 Å². The average Bonchev–Trinajstić information content (AvgIpc) is 2.37. The highest BCUT2D eigenvalue weighted by Crippen LogP contribution is 2.27. The van der Waals surface area contributed by atoms with E-state index >= 15 is 0 Å². The highest BCUT2D eigenvalue weighted by molar-refractivity contribution is 5.46. The van der Waals surface area contributed by atoms with E-state index in [0.29, 0.717) is 6.04 Å². The Bertz CT molecular complexity index is 114. The van der Waals surface area contributed by atoms with Crippen molar-refractivity contribution in [2.24, 2.45) is 5.92 Å². The fourth-order valence-electron chi connectivity index (χ4n) is 1.69. The number of carbonyl (C=O) groups is 1. The van der Waals surface area contributed by atoms with E-state index in [2.05, 4.69) is 12.2 Å². The maximum atomic E-state index is 10.0. The van der Waals surface area contributed by atoms with Crippen molar-refractivity contribution < 1.29 is 4.79 Å². The van der Waals surface area contributed by atoms with E-state index in [4.69, 9.17) is 0 Å². The van der Waals surface area contributed by atoms with Gasteiger partial charge in [0.15, 0.2) is 0 Å². The molecule has 2 atom stereocenters. The molecule has 1 N–H and O–H groups in total. The second kappa shape index (κ2) is 3.59. The van der Waals surface area contributed by atoms with Gasteiger partial charge in [-0.1, -0.05) is 13.3 Å². The molecule has 1 fully saturated rings. The highest BCUT2D eigenvalue weighted by atomic mass is 16.1. The van der Waals surface area contributed by atoms with Crippen LogP contribution < -0.4 is 5.32 Å². The van der Waals surface area contributed by atoms with Gasteiger partial charge in [0.1, 0.15) is 0 Å². The Hall–Kier alpha value is -0.530. The van der Waals surface area contributed by atoms with Crippen molar-refractivity contribution in [2.45, 2.75) is 38.6 Å². The first-order valence-corrected chi connectivity index (χ1v) is 4.06. The normalized spacial score (nSPS) is 32.1. The van der Waals surface area contributed by atoms with Crippen LogP contribution >= 0.6 is 0 Å². The molecule has 1 aliphatic rings. The van der Waals surface area contributed by atoms with Gasteiger partial charge in [0.25, 0.3) is 0 Å². The summed E-state index contributed by atoms with van der Waals surface area (Å²) in [6.07, 6.45) is 5.74. The molecular formula is C8H15NO. The van der Waals surface area contributed by atoms with Crippen LogP contribution in [0.4, 0.5) is 0 Å². The lowest BCUT2D eigenvalue weighted by atomic mass is 10.1. The van der Waals surface area contributed by atoms with Crippen molar-refractivity contribution in [3.63, 3.8) is 0 Å². The van der Waals surface area contributed by atoms with E-state index in [1.54, 1.807) is 0 Å². The SMILES string of the molecule is CCC1CCC(NC=O)C1. The number of nitrogens with one attached hydrogen (secondary N) is 1. The Morgan fingerprint density at radius 3 is 2.90 bits per heavy atom. The molecule has 1 amide bonds. The third kappa shape index (κ3) is 1.72. The molecule has 1 saturated carbocycles. The molecule has 0 spiro atoms. The summed E-state index contributed by atoms with van der Waals surface area (Å²) in [5.41, 5.74) is 0. The molecule has 2 nitrogen and oxygen atoms in total. The van der Waals surface area contributed by atoms with Crippen molar-refractivity contribution in [2.75, 3.05) is 0 Å². The van der Waals surface area contributed by atoms with Crippen LogP contribution in [0.3, 0.4) is 0 Å². The fraction of sp³-hybridized carbons (Fsp3) is 0.875. The topological polar surface area (TPSA) is 29.1 Å². The summed E-state index contributed by atoms with van der Waals surface area (Å²) in [5, 5.41) is 2.83. The Morgan fingerprint density at radius 1 is 1.60 bits per heavy atom. The Labute approximate surface area is 62.0 Å². The quantitative estimate of drug-likeness (QED) is 0.590. The van der Waals surface area contributed by atoms with Crippen molar-refractivity contribution in [3.05, 3.63) is 0 Å². The third-order valence-corrected chi connectivity index (χ3v) is 2.42. The van der Waals surface area contributed by atoms with Gasteiger partial charge in [-0.2, -0.15) is 0 Å². The Morgan fingerprint density at radius 2 is 2.40 bits per heavy atom. The smallest absolute Gasteiger partial charge is 0.207 e. The van der Waals surface area contributed by atoms with Crippen LogP contribution in [0, 0.1) is 5.92 Å². The van der Waals surface area contributed by atoms with Gasteiger partial charge in [-0.25, -0.2) is 0 Å². The van der Waals surface area contributed by atoms with Crippen LogP contribution in [0.2, 0.25) is 0 Å². The molecular weight excluding hydrogens is 126 g/mol. The molecule has 0 saturated heterocycles. The lowest BCUT2D eigenvalue weighted by Crippen LogP contribution is -2.24. The molecule has 0 bridgehead atoms. The number of carbonyl (C=O) groups excluding carboxylic acids is 1. The number of amides is 1. The van der Waals surface area contributed by atoms with Gasteiger partial charge >= 0.3 is 0 Å². The summed E-state index contributed by atoms with van der Waals surface area (Å²) in [5.74, 6) is 0.859. The van der Waals surface area contributed by atoms with Crippen LogP contribution in [-0.4, -0.2) is 12.5 Å².